The second-order valence-corrected chi connectivity index (χ2v) is 4.41. The van der Waals surface area contributed by atoms with Gasteiger partial charge in [0.2, 0.25) is 0 Å². The summed E-state index contributed by atoms with van der Waals surface area (Å²) in [7, 11) is 0. The summed E-state index contributed by atoms with van der Waals surface area (Å²) in [6.45, 7) is 2.24. The number of nitrogens with zero attached hydrogens (tertiary/aromatic N) is 1. The van der Waals surface area contributed by atoms with Gasteiger partial charge in [0.05, 0.1) is 12.3 Å². The lowest BCUT2D eigenvalue weighted by molar-refractivity contribution is 0.299. The van der Waals surface area contributed by atoms with E-state index in [-0.39, 0.29) is 5.82 Å². The molecule has 3 nitrogen and oxygen atoms in total. The highest BCUT2D eigenvalue weighted by molar-refractivity contribution is 6.00. The van der Waals surface area contributed by atoms with E-state index in [1.165, 1.54) is 25.0 Å². The molecule has 0 atom stereocenters. The summed E-state index contributed by atoms with van der Waals surface area (Å²) in [5.74, 6) is 1.01. The van der Waals surface area contributed by atoms with Gasteiger partial charge in [0.25, 0.3) is 0 Å². The Morgan fingerprint density at radius 1 is 1.53 bits per heavy atom. The quantitative estimate of drug-likeness (QED) is 0.485. The van der Waals surface area contributed by atoms with E-state index in [9.17, 15) is 4.39 Å². The van der Waals surface area contributed by atoms with Crippen LogP contribution in [-0.4, -0.2) is 17.5 Å². The van der Waals surface area contributed by atoms with Gasteiger partial charge in [0.1, 0.15) is 11.6 Å². The molecule has 1 aliphatic rings. The van der Waals surface area contributed by atoms with Crippen LogP contribution >= 0.6 is 0 Å². The van der Waals surface area contributed by atoms with Crippen LogP contribution in [0.4, 0.5) is 4.39 Å². The van der Waals surface area contributed by atoms with Gasteiger partial charge < -0.3 is 9.94 Å². The maximum absolute atomic E-state index is 13.1. The molecule has 1 aromatic carbocycles. The van der Waals surface area contributed by atoms with Crippen molar-refractivity contribution >= 4 is 5.71 Å². The molecule has 1 N–H and O–H groups in total. The Bertz CT molecular complexity index is 427. The van der Waals surface area contributed by atoms with Gasteiger partial charge in [-0.25, -0.2) is 4.39 Å². The number of benzene rings is 1. The Labute approximate surface area is 99.9 Å². The predicted molar refractivity (Wildman–Crippen MR) is 63.2 cm³/mol. The summed E-state index contributed by atoms with van der Waals surface area (Å²) in [6.07, 6.45) is 3.61. The van der Waals surface area contributed by atoms with Crippen molar-refractivity contribution in [1.82, 2.24) is 0 Å². The van der Waals surface area contributed by atoms with Crippen molar-refractivity contribution in [3.63, 3.8) is 0 Å². The number of rotatable bonds is 5. The maximum Gasteiger partial charge on any atom is 0.128 e. The molecule has 0 amide bonds. The van der Waals surface area contributed by atoms with Crippen LogP contribution < -0.4 is 4.74 Å². The lowest BCUT2D eigenvalue weighted by Gasteiger charge is -2.10. The summed E-state index contributed by atoms with van der Waals surface area (Å²) in [6, 6.07) is 4.24. The van der Waals surface area contributed by atoms with Gasteiger partial charge in [-0.1, -0.05) is 18.0 Å². The smallest absolute Gasteiger partial charge is 0.128 e. The SMILES string of the molecule is CC(=NO)c1cc(F)ccc1OCCC1CC1. The first-order chi connectivity index (χ1) is 8.20. The van der Waals surface area contributed by atoms with E-state index in [0.29, 0.717) is 23.6 Å². The third-order valence-corrected chi connectivity index (χ3v) is 2.96. The summed E-state index contributed by atoms with van der Waals surface area (Å²) in [4.78, 5) is 0. The van der Waals surface area contributed by atoms with Crippen molar-refractivity contribution in [2.24, 2.45) is 11.1 Å². The highest BCUT2D eigenvalue weighted by Gasteiger charge is 2.21. The predicted octanol–water partition coefficient (Wildman–Crippen LogP) is 3.20. The first kappa shape index (κ1) is 11.9. The molecular weight excluding hydrogens is 221 g/mol. The van der Waals surface area contributed by atoms with Gasteiger partial charge in [0, 0.05) is 5.56 Å². The topological polar surface area (TPSA) is 41.8 Å². The zero-order chi connectivity index (χ0) is 12.3. The van der Waals surface area contributed by atoms with Gasteiger partial charge in [-0.15, -0.1) is 0 Å². The minimum absolute atomic E-state index is 0.353. The fourth-order valence-electron chi connectivity index (χ4n) is 1.71. The molecule has 0 bridgehead atoms. The van der Waals surface area contributed by atoms with Crippen molar-refractivity contribution in [2.75, 3.05) is 6.61 Å². The Kier molecular flexibility index (Phi) is 3.61. The lowest BCUT2D eigenvalue weighted by atomic mass is 10.1. The molecule has 1 saturated carbocycles. The Balaban J connectivity index is 2.07. The average molecular weight is 237 g/mol. The normalized spacial score (nSPS) is 16.0. The van der Waals surface area contributed by atoms with E-state index in [0.717, 1.165) is 12.3 Å². The van der Waals surface area contributed by atoms with E-state index < -0.39 is 0 Å². The molecule has 4 heteroatoms. The standard InChI is InChI=1S/C13H16FNO2/c1-9(15-16)12-8-11(14)4-5-13(12)17-7-6-10-2-3-10/h4-5,8,10,16H,2-3,6-7H2,1H3. The zero-order valence-corrected chi connectivity index (χ0v) is 9.82. The van der Waals surface area contributed by atoms with Gasteiger partial charge in [-0.3, -0.25) is 0 Å². The van der Waals surface area contributed by atoms with Crippen LogP contribution in [-0.2, 0) is 0 Å². The number of hydrogen-bond donors (Lipinski definition) is 1. The minimum Gasteiger partial charge on any atom is -0.493 e. The molecule has 2 rings (SSSR count). The highest BCUT2D eigenvalue weighted by Crippen LogP contribution is 2.32. The average Bonchev–Trinajstić information content (AvgIpc) is 3.14. The second-order valence-electron chi connectivity index (χ2n) is 4.41. The van der Waals surface area contributed by atoms with Gasteiger partial charge in [-0.05, 0) is 37.5 Å². The summed E-state index contributed by atoms with van der Waals surface area (Å²) in [5.41, 5.74) is 0.856. The molecule has 0 aliphatic heterocycles. The zero-order valence-electron chi connectivity index (χ0n) is 9.82. The lowest BCUT2D eigenvalue weighted by Crippen LogP contribution is -2.04. The first-order valence-corrected chi connectivity index (χ1v) is 5.82. The van der Waals surface area contributed by atoms with E-state index in [2.05, 4.69) is 5.16 Å². The summed E-state index contributed by atoms with van der Waals surface area (Å²) >= 11 is 0. The molecule has 1 aromatic rings. The Morgan fingerprint density at radius 2 is 2.29 bits per heavy atom. The summed E-state index contributed by atoms with van der Waals surface area (Å²) < 4.78 is 18.7. The number of hydrogen-bond acceptors (Lipinski definition) is 3. The van der Waals surface area contributed by atoms with Crippen LogP contribution in [0.15, 0.2) is 23.4 Å². The molecule has 0 saturated heterocycles. The Hall–Kier alpha value is -1.58. The Morgan fingerprint density at radius 3 is 2.94 bits per heavy atom. The number of ether oxygens (including phenoxy) is 1. The van der Waals surface area contributed by atoms with E-state index in [1.54, 1.807) is 13.0 Å². The molecule has 0 radical (unpaired) electrons. The minimum atomic E-state index is -0.363. The monoisotopic (exact) mass is 237 g/mol. The van der Waals surface area contributed by atoms with Crippen LogP contribution in [0.3, 0.4) is 0 Å². The second kappa shape index (κ2) is 5.17. The van der Waals surface area contributed by atoms with E-state index >= 15 is 0 Å². The molecular formula is C13H16FNO2. The van der Waals surface area contributed by atoms with Crippen molar-refractivity contribution in [3.8, 4) is 5.75 Å². The largest absolute Gasteiger partial charge is 0.493 e. The van der Waals surface area contributed by atoms with Crippen molar-refractivity contribution in [3.05, 3.63) is 29.6 Å². The molecule has 0 heterocycles. The number of halogens is 1. The molecule has 1 fully saturated rings. The van der Waals surface area contributed by atoms with Crippen molar-refractivity contribution < 1.29 is 14.3 Å². The molecule has 0 aromatic heterocycles. The molecule has 1 aliphatic carbocycles. The molecule has 0 spiro atoms. The first-order valence-electron chi connectivity index (χ1n) is 5.82. The molecule has 17 heavy (non-hydrogen) atoms. The van der Waals surface area contributed by atoms with Crippen LogP contribution in [0.2, 0.25) is 0 Å². The van der Waals surface area contributed by atoms with Crippen LogP contribution in [0, 0.1) is 11.7 Å². The summed E-state index contributed by atoms with van der Waals surface area (Å²) in [5, 5.41) is 11.8. The molecule has 0 unspecified atom stereocenters. The highest BCUT2D eigenvalue weighted by atomic mass is 19.1. The molecule has 92 valence electrons. The third kappa shape index (κ3) is 3.19. The van der Waals surface area contributed by atoms with Crippen LogP contribution in [0.5, 0.6) is 5.75 Å². The van der Waals surface area contributed by atoms with Gasteiger partial charge in [-0.2, -0.15) is 0 Å². The van der Waals surface area contributed by atoms with Crippen LogP contribution in [0.25, 0.3) is 0 Å². The van der Waals surface area contributed by atoms with E-state index in [1.807, 2.05) is 0 Å². The van der Waals surface area contributed by atoms with Gasteiger partial charge in [0.15, 0.2) is 0 Å². The maximum atomic E-state index is 13.1. The van der Waals surface area contributed by atoms with E-state index in [4.69, 9.17) is 9.94 Å². The fraction of sp³-hybridized carbons (Fsp3) is 0.462. The fourth-order valence-corrected chi connectivity index (χ4v) is 1.71. The van der Waals surface area contributed by atoms with Gasteiger partial charge >= 0.3 is 0 Å². The third-order valence-electron chi connectivity index (χ3n) is 2.96. The van der Waals surface area contributed by atoms with Crippen LogP contribution in [0.1, 0.15) is 31.7 Å². The number of oxime groups is 1. The van der Waals surface area contributed by atoms with Crippen molar-refractivity contribution in [2.45, 2.75) is 26.2 Å². The van der Waals surface area contributed by atoms with Crippen molar-refractivity contribution in [1.29, 1.82) is 0 Å².